The molecular weight excluding hydrogens is 364 g/mol. The minimum Gasteiger partial charge on any atom is -0.492 e. The second-order valence-electron chi connectivity index (χ2n) is 7.56. The minimum atomic E-state index is -0.285. The maximum Gasteiger partial charge on any atom is 0.282 e. The number of benzene rings is 2. The average molecular weight is 390 g/mol. The van der Waals surface area contributed by atoms with Crippen LogP contribution >= 0.6 is 0 Å². The van der Waals surface area contributed by atoms with E-state index in [1.807, 2.05) is 51.1 Å². The number of aryl methyl sites for hydroxylation is 2. The number of carbonyl (C=O) groups is 2. The zero-order chi connectivity index (χ0) is 20.5. The van der Waals surface area contributed by atoms with E-state index in [2.05, 4.69) is 4.90 Å². The molecule has 0 bridgehead atoms. The van der Waals surface area contributed by atoms with Crippen LogP contribution in [0.15, 0.2) is 48.2 Å². The fourth-order valence-electron chi connectivity index (χ4n) is 4.05. The largest absolute Gasteiger partial charge is 0.492 e. The number of hydrogen-bond acceptors (Lipinski definition) is 4. The highest BCUT2D eigenvalue weighted by atomic mass is 16.5. The lowest BCUT2D eigenvalue weighted by atomic mass is 9.99. The first kappa shape index (κ1) is 19.2. The Balaban J connectivity index is 1.85. The van der Waals surface area contributed by atoms with Gasteiger partial charge in [-0.1, -0.05) is 30.3 Å². The molecule has 0 N–H and O–H groups in total. The lowest BCUT2D eigenvalue weighted by molar-refractivity contribution is -0.120. The van der Waals surface area contributed by atoms with E-state index in [9.17, 15) is 9.59 Å². The standard InChI is InChI=1S/C24H26N2O3/c1-4-29-20-10-6-5-9-19(20)26-23(27)21(18-12-11-16(2)17(3)15-18)22(24(26)28)25-13-7-8-14-25/h5-6,9-12,15H,4,7-8,13-14H2,1-3H3. The quantitative estimate of drug-likeness (QED) is 0.722. The summed E-state index contributed by atoms with van der Waals surface area (Å²) < 4.78 is 5.70. The van der Waals surface area contributed by atoms with Crippen molar-refractivity contribution in [3.05, 3.63) is 64.9 Å². The van der Waals surface area contributed by atoms with Crippen LogP contribution in [0.25, 0.3) is 5.57 Å². The number of nitrogens with zero attached hydrogens (tertiary/aromatic N) is 2. The smallest absolute Gasteiger partial charge is 0.282 e. The van der Waals surface area contributed by atoms with Crippen molar-refractivity contribution in [1.29, 1.82) is 0 Å². The van der Waals surface area contributed by atoms with E-state index in [1.165, 1.54) is 4.90 Å². The number of rotatable bonds is 5. The van der Waals surface area contributed by atoms with E-state index < -0.39 is 0 Å². The molecule has 0 radical (unpaired) electrons. The molecule has 29 heavy (non-hydrogen) atoms. The van der Waals surface area contributed by atoms with Crippen LogP contribution in [0.3, 0.4) is 0 Å². The normalized spacial score (nSPS) is 16.9. The predicted octanol–water partition coefficient (Wildman–Crippen LogP) is 4.08. The van der Waals surface area contributed by atoms with Crippen molar-refractivity contribution in [3.63, 3.8) is 0 Å². The van der Waals surface area contributed by atoms with Crippen LogP contribution in [-0.2, 0) is 9.59 Å². The molecule has 2 amide bonds. The second-order valence-corrected chi connectivity index (χ2v) is 7.56. The van der Waals surface area contributed by atoms with Gasteiger partial charge in [0, 0.05) is 13.1 Å². The Morgan fingerprint density at radius 2 is 1.66 bits per heavy atom. The van der Waals surface area contributed by atoms with E-state index in [4.69, 9.17) is 4.74 Å². The van der Waals surface area contributed by atoms with Gasteiger partial charge in [-0.2, -0.15) is 0 Å². The van der Waals surface area contributed by atoms with Gasteiger partial charge in [0.05, 0.1) is 17.9 Å². The number of carbonyl (C=O) groups excluding carboxylic acids is 2. The van der Waals surface area contributed by atoms with E-state index in [-0.39, 0.29) is 11.8 Å². The van der Waals surface area contributed by atoms with Crippen LogP contribution in [-0.4, -0.2) is 36.4 Å². The second kappa shape index (κ2) is 7.74. The van der Waals surface area contributed by atoms with E-state index >= 15 is 0 Å². The van der Waals surface area contributed by atoms with Gasteiger partial charge in [0.15, 0.2) is 0 Å². The number of anilines is 1. The molecule has 0 aromatic heterocycles. The molecule has 0 aliphatic carbocycles. The third kappa shape index (κ3) is 3.31. The van der Waals surface area contributed by atoms with E-state index in [1.54, 1.807) is 12.1 Å². The molecule has 2 heterocycles. The third-order valence-corrected chi connectivity index (χ3v) is 5.68. The number of likely N-dealkylation sites (tertiary alicyclic amines) is 1. The van der Waals surface area contributed by atoms with Crippen molar-refractivity contribution in [2.75, 3.05) is 24.6 Å². The fourth-order valence-corrected chi connectivity index (χ4v) is 4.05. The van der Waals surface area contributed by atoms with Gasteiger partial charge in [-0.15, -0.1) is 0 Å². The van der Waals surface area contributed by atoms with Crippen LogP contribution in [0.1, 0.15) is 36.5 Å². The summed E-state index contributed by atoms with van der Waals surface area (Å²) in [6.07, 6.45) is 2.06. The van der Waals surface area contributed by atoms with Crippen molar-refractivity contribution in [2.45, 2.75) is 33.6 Å². The molecule has 0 unspecified atom stereocenters. The molecular formula is C24H26N2O3. The van der Waals surface area contributed by atoms with Crippen LogP contribution in [0, 0.1) is 13.8 Å². The van der Waals surface area contributed by atoms with Crippen molar-refractivity contribution < 1.29 is 14.3 Å². The molecule has 5 nitrogen and oxygen atoms in total. The van der Waals surface area contributed by atoms with Gasteiger partial charge in [-0.25, -0.2) is 4.90 Å². The monoisotopic (exact) mass is 390 g/mol. The van der Waals surface area contributed by atoms with Gasteiger partial charge in [0.25, 0.3) is 11.8 Å². The highest BCUT2D eigenvalue weighted by Gasteiger charge is 2.43. The molecule has 0 saturated carbocycles. The first-order valence-electron chi connectivity index (χ1n) is 10.2. The van der Waals surface area contributed by atoms with E-state index in [0.717, 1.165) is 42.6 Å². The van der Waals surface area contributed by atoms with Crippen molar-refractivity contribution in [1.82, 2.24) is 4.90 Å². The topological polar surface area (TPSA) is 49.9 Å². The van der Waals surface area contributed by atoms with Gasteiger partial charge in [0.1, 0.15) is 11.4 Å². The Morgan fingerprint density at radius 3 is 2.34 bits per heavy atom. The van der Waals surface area contributed by atoms with Crippen LogP contribution in [0.4, 0.5) is 5.69 Å². The first-order chi connectivity index (χ1) is 14.0. The molecule has 2 aromatic rings. The third-order valence-electron chi connectivity index (χ3n) is 5.68. The number of imide groups is 1. The van der Waals surface area contributed by atoms with Crippen molar-refractivity contribution >= 4 is 23.1 Å². The summed E-state index contributed by atoms with van der Waals surface area (Å²) in [5.74, 6) is -0.0107. The summed E-state index contributed by atoms with van der Waals surface area (Å²) >= 11 is 0. The van der Waals surface area contributed by atoms with Gasteiger partial charge >= 0.3 is 0 Å². The highest BCUT2D eigenvalue weighted by molar-refractivity contribution is 6.45. The Bertz CT molecular complexity index is 1000. The van der Waals surface area contributed by atoms with Crippen LogP contribution < -0.4 is 9.64 Å². The molecule has 1 saturated heterocycles. The molecule has 5 heteroatoms. The molecule has 4 rings (SSSR count). The lowest BCUT2D eigenvalue weighted by Crippen LogP contribution is -2.34. The number of ether oxygens (including phenoxy) is 1. The van der Waals surface area contributed by atoms with Crippen molar-refractivity contribution in [2.24, 2.45) is 0 Å². The van der Waals surface area contributed by atoms with Gasteiger partial charge in [-0.3, -0.25) is 9.59 Å². The molecule has 2 aromatic carbocycles. The minimum absolute atomic E-state index is 0.266. The van der Waals surface area contributed by atoms with Gasteiger partial charge in [0.2, 0.25) is 0 Å². The summed E-state index contributed by atoms with van der Waals surface area (Å²) in [4.78, 5) is 30.5. The molecule has 2 aliphatic heterocycles. The molecule has 150 valence electrons. The molecule has 0 atom stereocenters. The Morgan fingerprint density at radius 1 is 0.931 bits per heavy atom. The molecule has 2 aliphatic rings. The summed E-state index contributed by atoms with van der Waals surface area (Å²) in [5.41, 5.74) is 4.56. The van der Waals surface area contributed by atoms with E-state index in [0.29, 0.717) is 29.3 Å². The summed E-state index contributed by atoms with van der Waals surface area (Å²) in [5, 5.41) is 0. The zero-order valence-corrected chi connectivity index (χ0v) is 17.2. The zero-order valence-electron chi connectivity index (χ0n) is 17.2. The predicted molar refractivity (Wildman–Crippen MR) is 114 cm³/mol. The fraction of sp³-hybridized carbons (Fsp3) is 0.333. The maximum atomic E-state index is 13.6. The SMILES string of the molecule is CCOc1ccccc1N1C(=O)C(c2ccc(C)c(C)c2)=C(N2CCCC2)C1=O. The Kier molecular flexibility index (Phi) is 5.14. The number of para-hydroxylation sites is 2. The molecule has 0 spiro atoms. The lowest BCUT2D eigenvalue weighted by Gasteiger charge is -2.21. The van der Waals surface area contributed by atoms with Crippen LogP contribution in [0.5, 0.6) is 5.75 Å². The van der Waals surface area contributed by atoms with Gasteiger partial charge < -0.3 is 9.64 Å². The maximum absolute atomic E-state index is 13.6. The Hall–Kier alpha value is -3.08. The van der Waals surface area contributed by atoms with Crippen LogP contribution in [0.2, 0.25) is 0 Å². The molecule has 1 fully saturated rings. The summed E-state index contributed by atoms with van der Waals surface area (Å²) in [6, 6.07) is 13.2. The number of hydrogen-bond donors (Lipinski definition) is 0. The van der Waals surface area contributed by atoms with Crippen molar-refractivity contribution in [3.8, 4) is 5.75 Å². The number of amides is 2. The average Bonchev–Trinajstić information content (AvgIpc) is 3.31. The highest BCUT2D eigenvalue weighted by Crippen LogP contribution is 2.39. The summed E-state index contributed by atoms with van der Waals surface area (Å²) in [7, 11) is 0. The summed E-state index contributed by atoms with van der Waals surface area (Å²) in [6.45, 7) is 8.01. The van der Waals surface area contributed by atoms with Gasteiger partial charge in [-0.05, 0) is 62.4 Å². The first-order valence-corrected chi connectivity index (χ1v) is 10.2. The Labute approximate surface area is 171 Å².